The number of hydrogen-bond donors (Lipinski definition) is 0. The second-order valence-electron chi connectivity index (χ2n) is 3.99. The van der Waals surface area contributed by atoms with Crippen molar-refractivity contribution in [3.63, 3.8) is 0 Å². The molecule has 0 saturated heterocycles. The average molecular weight is 213 g/mol. The van der Waals surface area contributed by atoms with E-state index in [2.05, 4.69) is 32.3 Å². The standard InChI is InChI=1S/C12H23NO2/c1-6-13(11(4)5)8-7-9-15-12(14)10(2)3/h11H,2,6-9H2,1,3-5H3. The van der Waals surface area contributed by atoms with Crippen LogP contribution in [0.25, 0.3) is 0 Å². The van der Waals surface area contributed by atoms with Crippen molar-refractivity contribution in [2.24, 2.45) is 0 Å². The lowest BCUT2D eigenvalue weighted by Crippen LogP contribution is -2.32. The van der Waals surface area contributed by atoms with Crippen LogP contribution in [0.5, 0.6) is 0 Å². The molecule has 88 valence electrons. The lowest BCUT2D eigenvalue weighted by atomic mass is 10.3. The van der Waals surface area contributed by atoms with Crippen LogP contribution in [0, 0.1) is 0 Å². The lowest BCUT2D eigenvalue weighted by molar-refractivity contribution is -0.139. The third kappa shape index (κ3) is 6.28. The molecular formula is C12H23NO2. The quantitative estimate of drug-likeness (QED) is 0.369. The van der Waals surface area contributed by atoms with Gasteiger partial charge in [-0.1, -0.05) is 13.5 Å². The van der Waals surface area contributed by atoms with Crippen LogP contribution < -0.4 is 0 Å². The molecule has 0 unspecified atom stereocenters. The van der Waals surface area contributed by atoms with Gasteiger partial charge in [0.15, 0.2) is 0 Å². The smallest absolute Gasteiger partial charge is 0.333 e. The predicted molar refractivity (Wildman–Crippen MR) is 62.8 cm³/mol. The molecule has 0 aromatic carbocycles. The lowest BCUT2D eigenvalue weighted by Gasteiger charge is -2.24. The van der Waals surface area contributed by atoms with Crippen molar-refractivity contribution >= 4 is 5.97 Å². The third-order valence-corrected chi connectivity index (χ3v) is 2.31. The van der Waals surface area contributed by atoms with E-state index in [1.165, 1.54) is 0 Å². The van der Waals surface area contributed by atoms with Gasteiger partial charge in [-0.3, -0.25) is 0 Å². The van der Waals surface area contributed by atoms with Crippen molar-refractivity contribution in [2.45, 2.75) is 40.2 Å². The Morgan fingerprint density at radius 3 is 2.47 bits per heavy atom. The molecule has 0 spiro atoms. The molecule has 3 heteroatoms. The van der Waals surface area contributed by atoms with E-state index in [0.29, 0.717) is 18.2 Å². The van der Waals surface area contributed by atoms with E-state index in [1.807, 2.05) is 0 Å². The van der Waals surface area contributed by atoms with Crippen molar-refractivity contribution < 1.29 is 9.53 Å². The second-order valence-corrected chi connectivity index (χ2v) is 3.99. The molecule has 0 amide bonds. The van der Waals surface area contributed by atoms with Crippen LogP contribution in [-0.2, 0) is 9.53 Å². The van der Waals surface area contributed by atoms with E-state index in [4.69, 9.17) is 4.74 Å². The summed E-state index contributed by atoms with van der Waals surface area (Å²) in [5, 5.41) is 0. The molecule has 0 aliphatic carbocycles. The summed E-state index contributed by atoms with van der Waals surface area (Å²) in [5.41, 5.74) is 0.464. The fourth-order valence-electron chi connectivity index (χ4n) is 1.34. The van der Waals surface area contributed by atoms with E-state index in [0.717, 1.165) is 19.5 Å². The monoisotopic (exact) mass is 213 g/mol. The Morgan fingerprint density at radius 2 is 2.07 bits per heavy atom. The highest BCUT2D eigenvalue weighted by Crippen LogP contribution is 2.00. The highest BCUT2D eigenvalue weighted by atomic mass is 16.5. The number of ether oxygens (including phenoxy) is 1. The number of rotatable bonds is 7. The SMILES string of the molecule is C=C(C)C(=O)OCCCN(CC)C(C)C. The second kappa shape index (κ2) is 7.46. The van der Waals surface area contributed by atoms with Crippen molar-refractivity contribution in [3.8, 4) is 0 Å². The molecule has 0 bridgehead atoms. The van der Waals surface area contributed by atoms with E-state index < -0.39 is 0 Å². The van der Waals surface area contributed by atoms with Gasteiger partial charge in [-0.25, -0.2) is 4.79 Å². The van der Waals surface area contributed by atoms with Crippen LogP contribution in [0.4, 0.5) is 0 Å². The van der Waals surface area contributed by atoms with Crippen LogP contribution in [0.15, 0.2) is 12.2 Å². The molecule has 0 aromatic heterocycles. The fourth-order valence-corrected chi connectivity index (χ4v) is 1.34. The van der Waals surface area contributed by atoms with E-state index in [1.54, 1.807) is 6.92 Å². The normalized spacial score (nSPS) is 10.8. The summed E-state index contributed by atoms with van der Waals surface area (Å²) in [7, 11) is 0. The first-order valence-electron chi connectivity index (χ1n) is 5.55. The van der Waals surface area contributed by atoms with Crippen LogP contribution >= 0.6 is 0 Å². The predicted octanol–water partition coefficient (Wildman–Crippen LogP) is 2.23. The van der Waals surface area contributed by atoms with Gasteiger partial charge in [0.1, 0.15) is 0 Å². The summed E-state index contributed by atoms with van der Waals surface area (Å²) in [6.45, 7) is 14.2. The molecule has 0 aliphatic heterocycles. The molecule has 0 saturated carbocycles. The molecule has 0 heterocycles. The maximum Gasteiger partial charge on any atom is 0.333 e. The third-order valence-electron chi connectivity index (χ3n) is 2.31. The molecule has 0 rings (SSSR count). The van der Waals surface area contributed by atoms with Crippen molar-refractivity contribution in [1.82, 2.24) is 4.90 Å². The maximum absolute atomic E-state index is 11.1. The van der Waals surface area contributed by atoms with Gasteiger partial charge >= 0.3 is 5.97 Å². The van der Waals surface area contributed by atoms with E-state index in [9.17, 15) is 4.79 Å². The number of carbonyl (C=O) groups excluding carboxylic acids is 1. The van der Waals surface area contributed by atoms with Gasteiger partial charge in [-0.2, -0.15) is 0 Å². The summed E-state index contributed by atoms with van der Waals surface area (Å²) in [6, 6.07) is 0.548. The fraction of sp³-hybridized carbons (Fsp3) is 0.750. The molecule has 0 N–H and O–H groups in total. The minimum atomic E-state index is -0.289. The minimum absolute atomic E-state index is 0.289. The van der Waals surface area contributed by atoms with Crippen LogP contribution in [0.1, 0.15) is 34.1 Å². The average Bonchev–Trinajstić information content (AvgIpc) is 2.16. The first-order valence-corrected chi connectivity index (χ1v) is 5.55. The van der Waals surface area contributed by atoms with Gasteiger partial charge in [0.25, 0.3) is 0 Å². The summed E-state index contributed by atoms with van der Waals surface area (Å²) < 4.78 is 5.01. The Bertz CT molecular complexity index is 212. The first kappa shape index (κ1) is 14.2. The Kier molecular flexibility index (Phi) is 7.05. The topological polar surface area (TPSA) is 29.5 Å². The van der Waals surface area contributed by atoms with Crippen molar-refractivity contribution in [3.05, 3.63) is 12.2 Å². The highest BCUT2D eigenvalue weighted by Gasteiger charge is 2.07. The molecule has 0 atom stereocenters. The van der Waals surface area contributed by atoms with Gasteiger partial charge in [-0.05, 0) is 33.7 Å². The minimum Gasteiger partial charge on any atom is -0.462 e. The van der Waals surface area contributed by atoms with Gasteiger partial charge in [-0.15, -0.1) is 0 Å². The zero-order valence-electron chi connectivity index (χ0n) is 10.4. The van der Waals surface area contributed by atoms with Crippen LogP contribution in [0.3, 0.4) is 0 Å². The Balaban J connectivity index is 3.61. The number of carbonyl (C=O) groups is 1. The van der Waals surface area contributed by atoms with Crippen LogP contribution in [0.2, 0.25) is 0 Å². The molecule has 0 radical (unpaired) electrons. The zero-order valence-corrected chi connectivity index (χ0v) is 10.4. The van der Waals surface area contributed by atoms with Crippen LogP contribution in [-0.4, -0.2) is 36.6 Å². The largest absolute Gasteiger partial charge is 0.462 e. The summed E-state index contributed by atoms with van der Waals surface area (Å²) in [5.74, 6) is -0.289. The van der Waals surface area contributed by atoms with Crippen molar-refractivity contribution in [2.75, 3.05) is 19.7 Å². The molecule has 3 nitrogen and oxygen atoms in total. The van der Waals surface area contributed by atoms with Gasteiger partial charge in [0.05, 0.1) is 6.61 Å². The number of nitrogens with zero attached hydrogens (tertiary/aromatic N) is 1. The summed E-state index contributed by atoms with van der Waals surface area (Å²) in [4.78, 5) is 13.4. The highest BCUT2D eigenvalue weighted by molar-refractivity contribution is 5.86. The molecule has 0 fully saturated rings. The molecule has 0 aliphatic rings. The Morgan fingerprint density at radius 1 is 1.47 bits per heavy atom. The van der Waals surface area contributed by atoms with E-state index >= 15 is 0 Å². The van der Waals surface area contributed by atoms with Crippen molar-refractivity contribution in [1.29, 1.82) is 0 Å². The van der Waals surface area contributed by atoms with Gasteiger partial charge < -0.3 is 9.64 Å². The Hall–Kier alpha value is -0.830. The molecular weight excluding hydrogens is 190 g/mol. The summed E-state index contributed by atoms with van der Waals surface area (Å²) in [6.07, 6.45) is 0.880. The van der Waals surface area contributed by atoms with E-state index in [-0.39, 0.29) is 5.97 Å². The maximum atomic E-state index is 11.1. The zero-order chi connectivity index (χ0) is 11.8. The molecule has 15 heavy (non-hydrogen) atoms. The van der Waals surface area contributed by atoms with Gasteiger partial charge in [0, 0.05) is 18.2 Å². The number of esters is 1. The first-order chi connectivity index (χ1) is 6.99. The van der Waals surface area contributed by atoms with Gasteiger partial charge in [0.2, 0.25) is 0 Å². The molecule has 0 aromatic rings. The Labute approximate surface area is 93.1 Å². The summed E-state index contributed by atoms with van der Waals surface area (Å²) >= 11 is 0. The number of hydrogen-bond acceptors (Lipinski definition) is 3.